The number of amides is 1. The maximum absolute atomic E-state index is 12.8. The molecular weight excluding hydrogens is 442 g/mol. The lowest BCUT2D eigenvalue weighted by Gasteiger charge is -2.14. The zero-order valence-electron chi connectivity index (χ0n) is 20.6. The number of hydrogen-bond donors (Lipinski definition) is 1. The summed E-state index contributed by atoms with van der Waals surface area (Å²) in [4.78, 5) is 12.8. The largest absolute Gasteiger partial charge is 0.496 e. The van der Waals surface area contributed by atoms with E-state index in [-0.39, 0.29) is 5.91 Å². The Morgan fingerprint density at radius 2 is 1.77 bits per heavy atom. The summed E-state index contributed by atoms with van der Waals surface area (Å²) in [6, 6.07) is 17.1. The lowest BCUT2D eigenvalue weighted by molar-refractivity contribution is -0.111. The average Bonchev–Trinajstić information content (AvgIpc) is 3.29. The van der Waals surface area contributed by atoms with Crippen LogP contribution in [-0.4, -0.2) is 26.7 Å². The number of para-hydroxylation sites is 1. The number of carbonyl (C=O) groups is 1. The number of aryl methyl sites for hydroxylation is 1. The SMILES string of the molecule is CCOc1ccc(NC(=O)/C=C(\C)c2cc3c(-c4ccccc4OC)coc3c(C)c2OC)cc1. The zero-order chi connectivity index (χ0) is 24.9. The summed E-state index contributed by atoms with van der Waals surface area (Å²) >= 11 is 0. The number of hydrogen-bond acceptors (Lipinski definition) is 5. The third-order valence-electron chi connectivity index (χ3n) is 5.85. The first kappa shape index (κ1) is 24.0. The summed E-state index contributed by atoms with van der Waals surface area (Å²) in [5.41, 5.74) is 5.71. The van der Waals surface area contributed by atoms with Gasteiger partial charge >= 0.3 is 0 Å². The van der Waals surface area contributed by atoms with Crippen molar-refractivity contribution in [2.75, 3.05) is 26.1 Å². The van der Waals surface area contributed by atoms with E-state index in [0.29, 0.717) is 18.0 Å². The molecule has 0 fully saturated rings. The molecule has 0 aliphatic carbocycles. The lowest BCUT2D eigenvalue weighted by Crippen LogP contribution is -2.08. The number of allylic oxidation sites excluding steroid dienone is 1. The highest BCUT2D eigenvalue weighted by Gasteiger charge is 2.20. The second kappa shape index (κ2) is 10.4. The Labute approximate surface area is 205 Å². The molecule has 0 spiro atoms. The van der Waals surface area contributed by atoms with E-state index < -0.39 is 0 Å². The van der Waals surface area contributed by atoms with Gasteiger partial charge in [-0.05, 0) is 62.7 Å². The molecule has 0 saturated heterocycles. The van der Waals surface area contributed by atoms with Gasteiger partial charge in [0.25, 0.3) is 0 Å². The topological polar surface area (TPSA) is 69.9 Å². The van der Waals surface area contributed by atoms with Gasteiger partial charge in [0, 0.05) is 39.4 Å². The first-order valence-corrected chi connectivity index (χ1v) is 11.4. The number of rotatable bonds is 8. The van der Waals surface area contributed by atoms with Gasteiger partial charge < -0.3 is 23.9 Å². The van der Waals surface area contributed by atoms with E-state index >= 15 is 0 Å². The summed E-state index contributed by atoms with van der Waals surface area (Å²) < 4.78 is 22.7. The van der Waals surface area contributed by atoms with Crippen molar-refractivity contribution in [1.29, 1.82) is 0 Å². The van der Waals surface area contributed by atoms with Crippen molar-refractivity contribution in [1.82, 2.24) is 0 Å². The Hall–Kier alpha value is -4.19. The molecule has 1 N–H and O–H groups in total. The normalized spacial score (nSPS) is 11.4. The molecule has 6 heteroatoms. The first-order valence-electron chi connectivity index (χ1n) is 11.4. The summed E-state index contributed by atoms with van der Waals surface area (Å²) in [7, 11) is 3.27. The average molecular weight is 472 g/mol. The number of fused-ring (bicyclic) bond motifs is 1. The highest BCUT2D eigenvalue weighted by atomic mass is 16.5. The van der Waals surface area contributed by atoms with Crippen molar-refractivity contribution in [2.45, 2.75) is 20.8 Å². The fraction of sp³-hybridized carbons (Fsp3) is 0.207. The molecule has 0 atom stereocenters. The lowest BCUT2D eigenvalue weighted by atomic mass is 9.96. The number of methoxy groups -OCH3 is 2. The number of ether oxygens (including phenoxy) is 3. The molecule has 0 radical (unpaired) electrons. The predicted octanol–water partition coefficient (Wildman–Crippen LogP) is 6.87. The van der Waals surface area contributed by atoms with Crippen LogP contribution in [0.1, 0.15) is 25.0 Å². The van der Waals surface area contributed by atoms with Crippen LogP contribution in [0.15, 0.2) is 71.4 Å². The van der Waals surface area contributed by atoms with Gasteiger partial charge in [-0.25, -0.2) is 0 Å². The first-order chi connectivity index (χ1) is 17.0. The van der Waals surface area contributed by atoms with Crippen molar-refractivity contribution in [3.8, 4) is 28.4 Å². The fourth-order valence-electron chi connectivity index (χ4n) is 4.20. The standard InChI is InChI=1S/C29H29NO5/c1-6-34-21-13-11-20(12-14-21)30-27(31)15-18(2)23-16-24-25(22-9-7-8-10-26(22)32-4)17-35-29(24)19(3)28(23)33-5/h7-17H,6H2,1-5H3,(H,30,31)/b18-15+. The van der Waals surface area contributed by atoms with Crippen LogP contribution >= 0.6 is 0 Å². The zero-order valence-corrected chi connectivity index (χ0v) is 20.6. The van der Waals surface area contributed by atoms with Crippen molar-refractivity contribution < 1.29 is 23.4 Å². The molecule has 35 heavy (non-hydrogen) atoms. The highest BCUT2D eigenvalue weighted by Crippen LogP contribution is 2.42. The minimum Gasteiger partial charge on any atom is -0.496 e. The van der Waals surface area contributed by atoms with E-state index in [1.807, 2.05) is 75.4 Å². The maximum atomic E-state index is 12.8. The molecule has 0 saturated carbocycles. The van der Waals surface area contributed by atoms with Crippen LogP contribution in [-0.2, 0) is 4.79 Å². The van der Waals surface area contributed by atoms with Gasteiger partial charge in [-0.1, -0.05) is 18.2 Å². The molecule has 3 aromatic carbocycles. The van der Waals surface area contributed by atoms with E-state index in [1.54, 1.807) is 26.6 Å². The van der Waals surface area contributed by atoms with Gasteiger partial charge in [0.05, 0.1) is 27.1 Å². The summed E-state index contributed by atoms with van der Waals surface area (Å²) in [6.07, 6.45) is 3.30. The monoisotopic (exact) mass is 471 g/mol. The van der Waals surface area contributed by atoms with Crippen LogP contribution in [0.3, 0.4) is 0 Å². The van der Waals surface area contributed by atoms with E-state index in [1.165, 1.54) is 0 Å². The highest BCUT2D eigenvalue weighted by molar-refractivity contribution is 6.06. The van der Waals surface area contributed by atoms with Crippen LogP contribution < -0.4 is 19.5 Å². The number of nitrogens with one attached hydrogen (secondary N) is 1. The Morgan fingerprint density at radius 3 is 2.46 bits per heavy atom. The van der Waals surface area contributed by atoms with Gasteiger partial charge in [0.15, 0.2) is 0 Å². The summed E-state index contributed by atoms with van der Waals surface area (Å²) in [5, 5.41) is 3.82. The van der Waals surface area contributed by atoms with Gasteiger partial charge in [-0.15, -0.1) is 0 Å². The molecule has 0 unspecified atom stereocenters. The van der Waals surface area contributed by atoms with Crippen molar-refractivity contribution in [3.05, 3.63) is 78.1 Å². The van der Waals surface area contributed by atoms with Crippen LogP contribution in [0.5, 0.6) is 17.2 Å². The molecule has 180 valence electrons. The molecule has 4 aromatic rings. The quantitative estimate of drug-likeness (QED) is 0.284. The molecule has 0 bridgehead atoms. The molecule has 1 aromatic heterocycles. The van der Waals surface area contributed by atoms with E-state index in [2.05, 4.69) is 5.32 Å². The Balaban J connectivity index is 1.71. The van der Waals surface area contributed by atoms with Crippen LogP contribution in [0.25, 0.3) is 27.7 Å². The number of carbonyl (C=O) groups excluding carboxylic acids is 1. The van der Waals surface area contributed by atoms with Crippen molar-refractivity contribution >= 4 is 28.1 Å². The molecular formula is C29H29NO5. The number of anilines is 1. The van der Waals surface area contributed by atoms with Gasteiger partial charge in [0.1, 0.15) is 22.8 Å². The smallest absolute Gasteiger partial charge is 0.248 e. The summed E-state index contributed by atoms with van der Waals surface area (Å²) in [6.45, 7) is 6.37. The minimum absolute atomic E-state index is 0.233. The minimum atomic E-state index is -0.233. The second-order valence-corrected chi connectivity index (χ2v) is 8.08. The molecule has 6 nitrogen and oxygen atoms in total. The van der Waals surface area contributed by atoms with E-state index in [9.17, 15) is 4.79 Å². The molecule has 0 aliphatic rings. The van der Waals surface area contributed by atoms with Gasteiger partial charge in [-0.2, -0.15) is 0 Å². The number of benzene rings is 3. The van der Waals surface area contributed by atoms with Crippen LogP contribution in [0, 0.1) is 6.92 Å². The van der Waals surface area contributed by atoms with Crippen LogP contribution in [0.2, 0.25) is 0 Å². The Morgan fingerprint density at radius 1 is 1.03 bits per heavy atom. The molecule has 1 heterocycles. The summed E-state index contributed by atoms with van der Waals surface area (Å²) in [5.74, 6) is 1.95. The van der Waals surface area contributed by atoms with E-state index in [0.717, 1.165) is 50.3 Å². The van der Waals surface area contributed by atoms with Crippen molar-refractivity contribution in [3.63, 3.8) is 0 Å². The Kier molecular flexibility index (Phi) is 7.11. The van der Waals surface area contributed by atoms with Crippen molar-refractivity contribution in [2.24, 2.45) is 0 Å². The van der Waals surface area contributed by atoms with Crippen LogP contribution in [0.4, 0.5) is 5.69 Å². The second-order valence-electron chi connectivity index (χ2n) is 8.08. The third kappa shape index (κ3) is 4.87. The van der Waals surface area contributed by atoms with Gasteiger partial charge in [-0.3, -0.25) is 4.79 Å². The third-order valence-corrected chi connectivity index (χ3v) is 5.85. The predicted molar refractivity (Wildman–Crippen MR) is 139 cm³/mol. The van der Waals surface area contributed by atoms with Gasteiger partial charge in [0.2, 0.25) is 5.91 Å². The molecule has 0 aliphatic heterocycles. The Bertz CT molecular complexity index is 1380. The molecule has 1 amide bonds. The number of furan rings is 1. The molecule has 4 rings (SSSR count). The fourth-order valence-corrected chi connectivity index (χ4v) is 4.20. The van der Waals surface area contributed by atoms with E-state index in [4.69, 9.17) is 18.6 Å². The maximum Gasteiger partial charge on any atom is 0.248 e.